The lowest BCUT2D eigenvalue weighted by atomic mass is 9.96. The van der Waals surface area contributed by atoms with E-state index < -0.39 is 5.60 Å². The van der Waals surface area contributed by atoms with Crippen LogP contribution in [0.1, 0.15) is 45.3 Å². The van der Waals surface area contributed by atoms with Crippen molar-refractivity contribution in [2.45, 2.75) is 45.8 Å². The molecule has 0 saturated heterocycles. The van der Waals surface area contributed by atoms with Crippen molar-refractivity contribution < 1.29 is 14.0 Å². The topological polar surface area (TPSA) is 83.4 Å². The van der Waals surface area contributed by atoms with Gasteiger partial charge in [-0.2, -0.15) is 4.98 Å². The molecule has 6 heteroatoms. The van der Waals surface area contributed by atoms with Gasteiger partial charge in [0.1, 0.15) is 12.2 Å². The average Bonchev–Trinajstić information content (AvgIpc) is 2.86. The average molecular weight is 257 g/mol. The van der Waals surface area contributed by atoms with E-state index in [1.54, 1.807) is 0 Å². The quantitative estimate of drug-likeness (QED) is 0.676. The second-order valence-corrected chi connectivity index (χ2v) is 3.99. The predicted molar refractivity (Wildman–Crippen MR) is 66.9 cm³/mol. The maximum Gasteiger partial charge on any atom is 0.252 e. The molecule has 1 rings (SSSR count). The van der Waals surface area contributed by atoms with Crippen LogP contribution >= 0.6 is 0 Å². The summed E-state index contributed by atoms with van der Waals surface area (Å²) in [5.74, 6) is 1.06. The number of rotatable bonds is 9. The molecule has 18 heavy (non-hydrogen) atoms. The molecule has 0 aromatic carbocycles. The van der Waals surface area contributed by atoms with Gasteiger partial charge in [-0.25, -0.2) is 0 Å². The molecule has 0 amide bonds. The van der Waals surface area contributed by atoms with Crippen molar-refractivity contribution in [1.82, 2.24) is 10.1 Å². The van der Waals surface area contributed by atoms with Crippen LogP contribution in [0.2, 0.25) is 0 Å². The highest BCUT2D eigenvalue weighted by molar-refractivity contribution is 5.00. The maximum atomic E-state index is 5.81. The summed E-state index contributed by atoms with van der Waals surface area (Å²) in [4.78, 5) is 4.35. The molecule has 1 aromatic rings. The van der Waals surface area contributed by atoms with Crippen LogP contribution < -0.4 is 5.73 Å². The molecule has 0 saturated carbocycles. The van der Waals surface area contributed by atoms with Gasteiger partial charge in [0.2, 0.25) is 5.82 Å². The summed E-state index contributed by atoms with van der Waals surface area (Å²) in [5, 5.41) is 4.01. The van der Waals surface area contributed by atoms with Crippen LogP contribution in [0.4, 0.5) is 0 Å². The van der Waals surface area contributed by atoms with E-state index in [0.29, 0.717) is 38.1 Å². The van der Waals surface area contributed by atoms with Gasteiger partial charge in [0.05, 0.1) is 6.61 Å². The van der Waals surface area contributed by atoms with Crippen molar-refractivity contribution in [2.24, 2.45) is 5.73 Å². The van der Waals surface area contributed by atoms with Crippen LogP contribution in [0.15, 0.2) is 4.52 Å². The van der Waals surface area contributed by atoms with Gasteiger partial charge < -0.3 is 19.7 Å². The Labute approximate surface area is 108 Å². The van der Waals surface area contributed by atoms with Crippen molar-refractivity contribution in [1.29, 1.82) is 0 Å². The minimum Gasteiger partial charge on any atom is -0.370 e. The van der Waals surface area contributed by atoms with E-state index in [-0.39, 0.29) is 0 Å². The largest absolute Gasteiger partial charge is 0.370 e. The Hall–Kier alpha value is -0.980. The van der Waals surface area contributed by atoms with Gasteiger partial charge >= 0.3 is 0 Å². The van der Waals surface area contributed by atoms with E-state index in [0.717, 1.165) is 12.8 Å². The summed E-state index contributed by atoms with van der Waals surface area (Å²) in [6.07, 6.45) is 1.61. The third-order valence-corrected chi connectivity index (χ3v) is 2.93. The van der Waals surface area contributed by atoms with Crippen LogP contribution in [0.25, 0.3) is 0 Å². The molecule has 1 aromatic heterocycles. The van der Waals surface area contributed by atoms with Gasteiger partial charge in [-0.3, -0.25) is 0 Å². The molecule has 0 atom stereocenters. The molecule has 0 radical (unpaired) electrons. The number of nitrogens with two attached hydrogens (primary N) is 1. The SMILES string of the molecule is CCOC(CC)(CC)c1noc(COCCN)n1. The Morgan fingerprint density at radius 3 is 2.56 bits per heavy atom. The van der Waals surface area contributed by atoms with E-state index in [2.05, 4.69) is 24.0 Å². The van der Waals surface area contributed by atoms with E-state index in [9.17, 15) is 0 Å². The fraction of sp³-hybridized carbons (Fsp3) is 0.833. The standard InChI is InChI=1S/C12H23N3O3/c1-4-12(5-2,17-6-3)11-14-10(18-15-11)9-16-8-7-13/h4-9,13H2,1-3H3. The van der Waals surface area contributed by atoms with Crippen LogP contribution in [-0.2, 0) is 21.7 Å². The summed E-state index contributed by atoms with van der Waals surface area (Å²) < 4.78 is 16.2. The maximum absolute atomic E-state index is 5.81. The first-order valence-corrected chi connectivity index (χ1v) is 6.47. The van der Waals surface area contributed by atoms with Crippen molar-refractivity contribution in [3.63, 3.8) is 0 Å². The summed E-state index contributed by atoms with van der Waals surface area (Å²) in [6, 6.07) is 0. The highest BCUT2D eigenvalue weighted by Crippen LogP contribution is 2.30. The zero-order valence-electron chi connectivity index (χ0n) is 11.4. The number of nitrogens with zero attached hydrogens (tertiary/aromatic N) is 2. The monoisotopic (exact) mass is 257 g/mol. The first kappa shape index (κ1) is 15.1. The lowest BCUT2D eigenvalue weighted by molar-refractivity contribution is -0.0583. The lowest BCUT2D eigenvalue weighted by Crippen LogP contribution is -2.29. The minimum atomic E-state index is -0.454. The molecule has 0 aliphatic rings. The van der Waals surface area contributed by atoms with Crippen molar-refractivity contribution >= 4 is 0 Å². The van der Waals surface area contributed by atoms with Crippen LogP contribution in [0, 0.1) is 0 Å². The molecule has 0 aliphatic carbocycles. The molecular weight excluding hydrogens is 234 g/mol. The van der Waals surface area contributed by atoms with Gasteiger partial charge in [0, 0.05) is 13.2 Å². The summed E-state index contributed by atoms with van der Waals surface area (Å²) in [5.41, 5.74) is 4.88. The molecule has 0 bridgehead atoms. The fourth-order valence-corrected chi connectivity index (χ4v) is 1.85. The number of hydrogen-bond donors (Lipinski definition) is 1. The van der Waals surface area contributed by atoms with Crippen LogP contribution in [-0.4, -0.2) is 29.9 Å². The van der Waals surface area contributed by atoms with Crippen LogP contribution in [0.3, 0.4) is 0 Å². The van der Waals surface area contributed by atoms with Crippen molar-refractivity contribution in [3.05, 3.63) is 11.7 Å². The van der Waals surface area contributed by atoms with Gasteiger partial charge in [0.25, 0.3) is 5.89 Å². The third kappa shape index (κ3) is 3.51. The van der Waals surface area contributed by atoms with Crippen molar-refractivity contribution in [2.75, 3.05) is 19.8 Å². The normalized spacial score (nSPS) is 12.0. The summed E-state index contributed by atoms with van der Waals surface area (Å²) in [7, 11) is 0. The predicted octanol–water partition coefficient (Wildman–Crippen LogP) is 1.60. The van der Waals surface area contributed by atoms with E-state index >= 15 is 0 Å². The smallest absolute Gasteiger partial charge is 0.252 e. The highest BCUT2D eigenvalue weighted by atomic mass is 16.5. The molecular formula is C12H23N3O3. The van der Waals surface area contributed by atoms with Crippen LogP contribution in [0.5, 0.6) is 0 Å². The molecule has 104 valence electrons. The Morgan fingerprint density at radius 1 is 1.28 bits per heavy atom. The second kappa shape index (κ2) is 7.45. The molecule has 0 spiro atoms. The molecule has 0 aliphatic heterocycles. The third-order valence-electron chi connectivity index (χ3n) is 2.93. The number of ether oxygens (including phenoxy) is 2. The fourth-order valence-electron chi connectivity index (χ4n) is 1.85. The number of aromatic nitrogens is 2. The number of hydrogen-bond acceptors (Lipinski definition) is 6. The minimum absolute atomic E-state index is 0.292. The molecule has 0 unspecified atom stereocenters. The molecule has 1 heterocycles. The molecule has 6 nitrogen and oxygen atoms in total. The molecule has 2 N–H and O–H groups in total. The van der Waals surface area contributed by atoms with E-state index in [1.165, 1.54) is 0 Å². The van der Waals surface area contributed by atoms with E-state index in [4.69, 9.17) is 19.7 Å². The zero-order chi connectivity index (χ0) is 13.4. The van der Waals surface area contributed by atoms with Gasteiger partial charge in [-0.15, -0.1) is 0 Å². The van der Waals surface area contributed by atoms with E-state index in [1.807, 2.05) is 6.92 Å². The Kier molecular flexibility index (Phi) is 6.24. The lowest BCUT2D eigenvalue weighted by Gasteiger charge is -2.27. The Morgan fingerprint density at radius 2 is 2.00 bits per heavy atom. The summed E-state index contributed by atoms with van der Waals surface area (Å²) >= 11 is 0. The second-order valence-electron chi connectivity index (χ2n) is 3.99. The van der Waals surface area contributed by atoms with Gasteiger partial charge in [0.15, 0.2) is 0 Å². The zero-order valence-corrected chi connectivity index (χ0v) is 11.4. The Bertz CT molecular complexity index is 337. The van der Waals surface area contributed by atoms with Crippen molar-refractivity contribution in [3.8, 4) is 0 Å². The van der Waals surface area contributed by atoms with Gasteiger partial charge in [-0.1, -0.05) is 19.0 Å². The Balaban J connectivity index is 2.74. The van der Waals surface area contributed by atoms with Gasteiger partial charge in [-0.05, 0) is 19.8 Å². The highest BCUT2D eigenvalue weighted by Gasteiger charge is 2.34. The molecule has 0 fully saturated rings. The first-order valence-electron chi connectivity index (χ1n) is 6.47. The summed E-state index contributed by atoms with van der Waals surface area (Å²) in [6.45, 7) is 7.95. The first-order chi connectivity index (χ1) is 8.72.